The first kappa shape index (κ1) is 14.9. The lowest BCUT2D eigenvalue weighted by Crippen LogP contribution is -2.45. The smallest absolute Gasteiger partial charge is 0.410 e. The fraction of sp³-hybridized carbons (Fsp3) is 0.556. The number of aldehydes is 1. The van der Waals surface area contributed by atoms with Crippen LogP contribution < -0.4 is 0 Å². The van der Waals surface area contributed by atoms with Crippen LogP contribution in [0.15, 0.2) is 0 Å². The third-order valence-electron chi connectivity index (χ3n) is 1.68. The number of likely N-dealkylation sites (N-methyl/N-ethyl adjacent to an activating group) is 1. The molecule has 1 unspecified atom stereocenters. The minimum absolute atomic E-state index is 0.0229. The summed E-state index contributed by atoms with van der Waals surface area (Å²) < 4.78 is 8.98. The summed E-state index contributed by atoms with van der Waals surface area (Å²) in [6, 6.07) is 0. The quantitative estimate of drug-likeness (QED) is 0.387. The fourth-order valence-corrected chi connectivity index (χ4v) is 0.781. The number of hydrogen-bond acceptors (Lipinski definition) is 6. The Balaban J connectivity index is 4.70. The minimum Gasteiger partial charge on any atom is -0.465 e. The zero-order chi connectivity index (χ0) is 13.4. The van der Waals surface area contributed by atoms with E-state index in [2.05, 4.69) is 9.47 Å². The van der Waals surface area contributed by atoms with Crippen molar-refractivity contribution in [3.63, 3.8) is 0 Å². The predicted octanol–water partition coefficient (Wildman–Crippen LogP) is -0.382. The molecular formula is C9H13NO7. The molecule has 8 nitrogen and oxygen atoms in total. The summed E-state index contributed by atoms with van der Waals surface area (Å²) in [6.45, 7) is 0.948. The molecule has 0 aliphatic heterocycles. The summed E-state index contributed by atoms with van der Waals surface area (Å²) in [4.78, 5) is 43.5. The van der Waals surface area contributed by atoms with E-state index in [1.165, 1.54) is 6.92 Å². The number of rotatable bonds is 6. The molecule has 1 N–H and O–H groups in total. The molecular weight excluding hydrogens is 234 g/mol. The molecule has 0 bridgehead atoms. The van der Waals surface area contributed by atoms with Crippen molar-refractivity contribution in [2.24, 2.45) is 0 Å². The van der Waals surface area contributed by atoms with Crippen LogP contribution >= 0.6 is 0 Å². The van der Waals surface area contributed by atoms with Crippen LogP contribution in [0.3, 0.4) is 0 Å². The third-order valence-corrected chi connectivity index (χ3v) is 1.68. The largest absolute Gasteiger partial charge is 0.465 e. The average molecular weight is 247 g/mol. The molecule has 0 aliphatic carbocycles. The van der Waals surface area contributed by atoms with Crippen molar-refractivity contribution in [3.05, 3.63) is 0 Å². The summed E-state index contributed by atoms with van der Waals surface area (Å²) in [5.74, 6) is -1.88. The van der Waals surface area contributed by atoms with E-state index in [0.717, 1.165) is 7.05 Å². The van der Waals surface area contributed by atoms with Crippen molar-refractivity contribution in [2.75, 3.05) is 13.7 Å². The van der Waals surface area contributed by atoms with Gasteiger partial charge in [-0.1, -0.05) is 6.92 Å². The summed E-state index contributed by atoms with van der Waals surface area (Å²) in [5.41, 5.74) is 0. The fourth-order valence-electron chi connectivity index (χ4n) is 0.781. The van der Waals surface area contributed by atoms with Crippen molar-refractivity contribution in [1.82, 2.24) is 4.90 Å². The number of carbonyl (C=O) groups is 4. The number of nitrogens with zero attached hydrogens (tertiary/aromatic N) is 1. The van der Waals surface area contributed by atoms with Crippen LogP contribution in [-0.4, -0.2) is 54.2 Å². The highest BCUT2D eigenvalue weighted by molar-refractivity contribution is 5.83. The van der Waals surface area contributed by atoms with E-state index >= 15 is 0 Å². The molecule has 0 aromatic heterocycles. The maximum absolute atomic E-state index is 11.3. The molecule has 0 aromatic rings. The van der Waals surface area contributed by atoms with Crippen LogP contribution in [0.5, 0.6) is 0 Å². The van der Waals surface area contributed by atoms with Gasteiger partial charge in [-0.15, -0.1) is 0 Å². The average Bonchev–Trinajstić information content (AvgIpc) is 2.31. The number of ether oxygens (including phenoxy) is 2. The Morgan fingerprint density at radius 2 is 2.00 bits per heavy atom. The molecule has 0 saturated carbocycles. The minimum atomic E-state index is -1.71. The zero-order valence-corrected chi connectivity index (χ0v) is 9.41. The highest BCUT2D eigenvalue weighted by Crippen LogP contribution is 2.04. The van der Waals surface area contributed by atoms with Crippen molar-refractivity contribution in [1.29, 1.82) is 0 Å². The second-order valence-electron chi connectivity index (χ2n) is 2.89. The van der Waals surface area contributed by atoms with E-state index in [1.807, 2.05) is 0 Å². The first-order chi connectivity index (χ1) is 7.93. The topological polar surface area (TPSA) is 110 Å². The van der Waals surface area contributed by atoms with Crippen LogP contribution in [0.25, 0.3) is 0 Å². The molecule has 0 aliphatic rings. The Hall–Kier alpha value is -2.12. The van der Waals surface area contributed by atoms with Crippen LogP contribution in [-0.2, 0) is 23.9 Å². The highest BCUT2D eigenvalue weighted by Gasteiger charge is 2.31. The lowest BCUT2D eigenvalue weighted by atomic mass is 10.4. The van der Waals surface area contributed by atoms with Crippen molar-refractivity contribution in [3.8, 4) is 0 Å². The van der Waals surface area contributed by atoms with Gasteiger partial charge in [0.2, 0.25) is 0 Å². The normalized spacial score (nSPS) is 11.2. The molecule has 1 atom stereocenters. The predicted molar refractivity (Wildman–Crippen MR) is 53.0 cm³/mol. The number of amides is 1. The molecule has 0 radical (unpaired) electrons. The van der Waals surface area contributed by atoms with Gasteiger partial charge < -0.3 is 14.6 Å². The summed E-state index contributed by atoms with van der Waals surface area (Å²) >= 11 is 0. The van der Waals surface area contributed by atoms with Crippen molar-refractivity contribution in [2.45, 2.75) is 19.6 Å². The van der Waals surface area contributed by atoms with E-state index in [4.69, 9.17) is 5.11 Å². The molecule has 96 valence electrons. The molecule has 0 spiro atoms. The van der Waals surface area contributed by atoms with E-state index in [0.29, 0.717) is 11.2 Å². The van der Waals surface area contributed by atoms with E-state index < -0.39 is 30.9 Å². The van der Waals surface area contributed by atoms with Gasteiger partial charge in [0.05, 0.1) is 0 Å². The zero-order valence-electron chi connectivity index (χ0n) is 9.41. The molecule has 17 heavy (non-hydrogen) atoms. The molecule has 0 aromatic carbocycles. The Kier molecular flexibility index (Phi) is 6.30. The SMILES string of the molecule is CCC(=O)OC(C(=O)OCC=O)N(C)C(=O)O. The Morgan fingerprint density at radius 1 is 1.41 bits per heavy atom. The van der Waals surface area contributed by atoms with Crippen LogP contribution in [0.4, 0.5) is 4.79 Å². The maximum atomic E-state index is 11.3. The van der Waals surface area contributed by atoms with Gasteiger partial charge in [-0.2, -0.15) is 0 Å². The maximum Gasteiger partial charge on any atom is 0.410 e. The van der Waals surface area contributed by atoms with Crippen LogP contribution in [0, 0.1) is 0 Å². The second kappa shape index (κ2) is 7.20. The molecule has 0 heterocycles. The van der Waals surface area contributed by atoms with Gasteiger partial charge >= 0.3 is 18.0 Å². The van der Waals surface area contributed by atoms with Gasteiger partial charge in [-0.25, -0.2) is 9.59 Å². The third kappa shape index (κ3) is 4.96. The summed E-state index contributed by atoms with van der Waals surface area (Å²) in [7, 11) is 1.04. The highest BCUT2D eigenvalue weighted by atomic mass is 16.6. The lowest BCUT2D eigenvalue weighted by molar-refractivity contribution is -0.177. The Bertz CT molecular complexity index is 314. The van der Waals surface area contributed by atoms with Gasteiger partial charge in [-0.3, -0.25) is 14.5 Å². The van der Waals surface area contributed by atoms with Gasteiger partial charge in [0.25, 0.3) is 6.23 Å². The first-order valence-electron chi connectivity index (χ1n) is 4.69. The first-order valence-corrected chi connectivity index (χ1v) is 4.69. The molecule has 0 rings (SSSR count). The number of carbonyl (C=O) groups excluding carboxylic acids is 3. The van der Waals surface area contributed by atoms with Gasteiger partial charge in [0.15, 0.2) is 6.29 Å². The van der Waals surface area contributed by atoms with Crippen LogP contribution in [0.1, 0.15) is 13.3 Å². The number of hydrogen-bond donors (Lipinski definition) is 1. The lowest BCUT2D eigenvalue weighted by Gasteiger charge is -2.23. The molecule has 8 heteroatoms. The monoisotopic (exact) mass is 247 g/mol. The Labute approximate surface area is 97.1 Å². The van der Waals surface area contributed by atoms with Gasteiger partial charge in [-0.05, 0) is 0 Å². The van der Waals surface area contributed by atoms with E-state index in [9.17, 15) is 19.2 Å². The second-order valence-corrected chi connectivity index (χ2v) is 2.89. The van der Waals surface area contributed by atoms with E-state index in [1.54, 1.807) is 0 Å². The molecule has 0 saturated heterocycles. The molecule has 0 fully saturated rings. The Morgan fingerprint density at radius 3 is 2.41 bits per heavy atom. The van der Waals surface area contributed by atoms with Crippen LogP contribution in [0.2, 0.25) is 0 Å². The van der Waals surface area contributed by atoms with Gasteiger partial charge in [0.1, 0.15) is 6.61 Å². The number of esters is 2. The summed E-state index contributed by atoms with van der Waals surface area (Å²) in [6.07, 6.45) is -2.88. The summed E-state index contributed by atoms with van der Waals surface area (Å²) in [5, 5.41) is 8.67. The van der Waals surface area contributed by atoms with Crippen molar-refractivity contribution >= 4 is 24.3 Å². The van der Waals surface area contributed by atoms with Crippen molar-refractivity contribution < 1.29 is 33.8 Å². The van der Waals surface area contributed by atoms with E-state index in [-0.39, 0.29) is 6.42 Å². The molecule has 1 amide bonds. The standard InChI is InChI=1S/C9H13NO7/c1-3-6(12)17-7(10(2)9(14)15)8(13)16-5-4-11/h4,7H,3,5H2,1-2H3,(H,14,15). The van der Waals surface area contributed by atoms with Gasteiger partial charge in [0, 0.05) is 13.5 Å². The number of carboxylic acid groups (broad SMARTS) is 1.